The van der Waals surface area contributed by atoms with Crippen LogP contribution in [0.3, 0.4) is 0 Å². The third-order valence-corrected chi connectivity index (χ3v) is 3.37. The summed E-state index contributed by atoms with van der Waals surface area (Å²) in [5, 5.41) is -0.197. The van der Waals surface area contributed by atoms with Crippen molar-refractivity contribution >= 4 is 16.9 Å². The SMILES string of the molecule is O=C(SCCCC(F)(F)CC(F)F)c1ccccc1. The molecule has 0 atom stereocenters. The van der Waals surface area contributed by atoms with Crippen molar-refractivity contribution in [3.05, 3.63) is 35.9 Å². The molecule has 0 aliphatic carbocycles. The average Bonchev–Trinajstić information content (AvgIpc) is 2.34. The quantitative estimate of drug-likeness (QED) is 0.538. The first-order valence-electron chi connectivity index (χ1n) is 5.79. The number of benzene rings is 1. The molecular weight excluding hydrogens is 280 g/mol. The summed E-state index contributed by atoms with van der Waals surface area (Å²) in [6, 6.07) is 8.48. The number of halogens is 4. The summed E-state index contributed by atoms with van der Waals surface area (Å²) < 4.78 is 49.6. The van der Waals surface area contributed by atoms with Gasteiger partial charge in [0.25, 0.3) is 5.92 Å². The second-order valence-corrected chi connectivity index (χ2v) is 5.12. The Balaban J connectivity index is 2.26. The average molecular weight is 294 g/mol. The van der Waals surface area contributed by atoms with E-state index in [2.05, 4.69) is 0 Å². The predicted molar refractivity (Wildman–Crippen MR) is 68.0 cm³/mol. The van der Waals surface area contributed by atoms with Crippen LogP contribution < -0.4 is 0 Å². The smallest absolute Gasteiger partial charge is 0.253 e. The molecule has 1 aromatic carbocycles. The highest BCUT2D eigenvalue weighted by Gasteiger charge is 2.32. The Hall–Kier alpha value is -1.04. The molecule has 0 heterocycles. The highest BCUT2D eigenvalue weighted by molar-refractivity contribution is 8.14. The maximum absolute atomic E-state index is 12.9. The van der Waals surface area contributed by atoms with Crippen LogP contribution in [0.2, 0.25) is 0 Å². The third-order valence-electron chi connectivity index (χ3n) is 2.38. The van der Waals surface area contributed by atoms with Crippen molar-refractivity contribution in [1.82, 2.24) is 0 Å². The van der Waals surface area contributed by atoms with E-state index in [1.807, 2.05) is 0 Å². The molecule has 0 spiro atoms. The van der Waals surface area contributed by atoms with E-state index >= 15 is 0 Å². The Labute approximate surface area is 113 Å². The van der Waals surface area contributed by atoms with Gasteiger partial charge in [-0.3, -0.25) is 4.79 Å². The number of hydrogen-bond donors (Lipinski definition) is 0. The van der Waals surface area contributed by atoms with Gasteiger partial charge < -0.3 is 0 Å². The van der Waals surface area contributed by atoms with Crippen molar-refractivity contribution in [2.75, 3.05) is 5.75 Å². The number of carbonyl (C=O) groups is 1. The Morgan fingerprint density at radius 1 is 1.21 bits per heavy atom. The van der Waals surface area contributed by atoms with Crippen LogP contribution >= 0.6 is 11.8 Å². The number of hydrogen-bond acceptors (Lipinski definition) is 2. The van der Waals surface area contributed by atoms with Crippen molar-refractivity contribution < 1.29 is 22.4 Å². The van der Waals surface area contributed by atoms with Crippen LogP contribution in [0.1, 0.15) is 29.6 Å². The van der Waals surface area contributed by atoms with Gasteiger partial charge in [-0.05, 0) is 6.42 Å². The van der Waals surface area contributed by atoms with Crippen LogP contribution in [0.4, 0.5) is 17.6 Å². The van der Waals surface area contributed by atoms with Crippen LogP contribution in [0.25, 0.3) is 0 Å². The van der Waals surface area contributed by atoms with Gasteiger partial charge in [-0.15, -0.1) is 0 Å². The zero-order valence-electron chi connectivity index (χ0n) is 10.1. The molecule has 0 amide bonds. The summed E-state index contributed by atoms with van der Waals surface area (Å²) in [5.74, 6) is -3.16. The molecule has 0 radical (unpaired) electrons. The third kappa shape index (κ3) is 6.61. The van der Waals surface area contributed by atoms with E-state index in [9.17, 15) is 22.4 Å². The number of thioether (sulfide) groups is 1. The van der Waals surface area contributed by atoms with E-state index in [0.29, 0.717) is 5.56 Å². The van der Waals surface area contributed by atoms with Gasteiger partial charge >= 0.3 is 0 Å². The predicted octanol–water partition coefficient (Wildman–Crippen LogP) is 4.63. The van der Waals surface area contributed by atoms with Gasteiger partial charge in [-0.25, -0.2) is 17.6 Å². The van der Waals surface area contributed by atoms with E-state index in [1.165, 1.54) is 0 Å². The lowest BCUT2D eigenvalue weighted by Gasteiger charge is -2.15. The molecule has 1 nitrogen and oxygen atoms in total. The lowest BCUT2D eigenvalue weighted by atomic mass is 10.1. The summed E-state index contributed by atoms with van der Waals surface area (Å²) in [7, 11) is 0. The molecule has 6 heteroatoms. The fraction of sp³-hybridized carbons (Fsp3) is 0.462. The molecule has 0 bridgehead atoms. The Morgan fingerprint density at radius 3 is 2.42 bits per heavy atom. The first-order valence-corrected chi connectivity index (χ1v) is 6.77. The Kier molecular flexibility index (Phi) is 6.34. The zero-order valence-corrected chi connectivity index (χ0v) is 10.9. The maximum atomic E-state index is 12.9. The highest BCUT2D eigenvalue weighted by Crippen LogP contribution is 2.28. The summed E-state index contributed by atoms with van der Waals surface area (Å²) in [4.78, 5) is 11.6. The van der Waals surface area contributed by atoms with Crippen molar-refractivity contribution in [1.29, 1.82) is 0 Å². The minimum Gasteiger partial charge on any atom is -0.282 e. The van der Waals surface area contributed by atoms with E-state index in [4.69, 9.17) is 0 Å². The standard InChI is InChI=1S/C13H14F4OS/c14-11(15)9-13(16,17)7-4-8-19-12(18)10-5-2-1-3-6-10/h1-3,5-6,11H,4,7-9H2. The molecule has 0 aliphatic rings. The van der Waals surface area contributed by atoms with E-state index in [-0.39, 0.29) is 17.3 Å². The van der Waals surface area contributed by atoms with Crippen LogP contribution in [0.5, 0.6) is 0 Å². The van der Waals surface area contributed by atoms with Crippen molar-refractivity contribution in [2.24, 2.45) is 0 Å². The van der Waals surface area contributed by atoms with Gasteiger partial charge in [0.1, 0.15) is 0 Å². The first-order chi connectivity index (χ1) is 8.91. The van der Waals surface area contributed by atoms with E-state index in [1.54, 1.807) is 30.3 Å². The minimum absolute atomic E-state index is 0.0307. The lowest BCUT2D eigenvalue weighted by molar-refractivity contribution is -0.0599. The molecule has 0 saturated heterocycles. The largest absolute Gasteiger partial charge is 0.282 e. The minimum atomic E-state index is -3.36. The second kappa shape index (κ2) is 7.53. The summed E-state index contributed by atoms with van der Waals surface area (Å²) in [6.45, 7) is 0. The molecule has 0 aliphatic heterocycles. The Morgan fingerprint density at radius 2 is 1.84 bits per heavy atom. The van der Waals surface area contributed by atoms with Gasteiger partial charge in [0.05, 0.1) is 6.42 Å². The molecule has 0 N–H and O–H groups in total. The molecular formula is C13H14F4OS. The summed E-state index contributed by atoms with van der Waals surface area (Å²) in [5.41, 5.74) is 0.506. The van der Waals surface area contributed by atoms with E-state index in [0.717, 1.165) is 11.8 Å². The molecule has 0 saturated carbocycles. The van der Waals surface area contributed by atoms with Crippen molar-refractivity contribution in [3.8, 4) is 0 Å². The lowest BCUT2D eigenvalue weighted by Crippen LogP contribution is -2.20. The molecule has 0 fully saturated rings. The van der Waals surface area contributed by atoms with Gasteiger partial charge in [0, 0.05) is 17.7 Å². The van der Waals surface area contributed by atoms with Gasteiger partial charge in [-0.1, -0.05) is 42.1 Å². The van der Waals surface area contributed by atoms with Crippen LogP contribution in [-0.4, -0.2) is 23.2 Å². The van der Waals surface area contributed by atoms with Crippen molar-refractivity contribution in [3.63, 3.8) is 0 Å². The normalized spacial score (nSPS) is 11.8. The maximum Gasteiger partial charge on any atom is 0.253 e. The molecule has 1 aromatic rings. The first kappa shape index (κ1) is 16.0. The number of alkyl halides is 4. The van der Waals surface area contributed by atoms with Crippen LogP contribution in [0, 0.1) is 0 Å². The fourth-order valence-corrected chi connectivity index (χ4v) is 2.26. The van der Waals surface area contributed by atoms with Gasteiger partial charge in [0.2, 0.25) is 11.5 Å². The Bertz CT molecular complexity index is 395. The molecule has 106 valence electrons. The van der Waals surface area contributed by atoms with E-state index < -0.39 is 25.2 Å². The highest BCUT2D eigenvalue weighted by atomic mass is 32.2. The van der Waals surface area contributed by atoms with Crippen molar-refractivity contribution in [2.45, 2.75) is 31.6 Å². The van der Waals surface area contributed by atoms with Gasteiger partial charge in [0.15, 0.2) is 0 Å². The van der Waals surface area contributed by atoms with Crippen LogP contribution in [-0.2, 0) is 0 Å². The molecule has 1 rings (SSSR count). The van der Waals surface area contributed by atoms with Gasteiger partial charge in [-0.2, -0.15) is 0 Å². The van der Waals surface area contributed by atoms with Crippen LogP contribution in [0.15, 0.2) is 30.3 Å². The molecule has 0 unspecified atom stereocenters. The second-order valence-electron chi connectivity index (χ2n) is 4.06. The molecule has 0 aromatic heterocycles. The number of carbonyl (C=O) groups excluding carboxylic acids is 1. The summed E-state index contributed by atoms with van der Waals surface area (Å²) >= 11 is 0.929. The molecule has 19 heavy (non-hydrogen) atoms. The zero-order chi connectivity index (χ0) is 14.3. The number of rotatable bonds is 7. The monoisotopic (exact) mass is 294 g/mol. The summed E-state index contributed by atoms with van der Waals surface area (Å²) in [6.07, 6.45) is -5.01. The fourth-order valence-electron chi connectivity index (χ4n) is 1.48. The topological polar surface area (TPSA) is 17.1 Å².